The Morgan fingerprint density at radius 2 is 2.47 bits per heavy atom. The van der Waals surface area contributed by atoms with Crippen molar-refractivity contribution in [2.75, 3.05) is 33.4 Å². The van der Waals surface area contributed by atoms with Gasteiger partial charge >= 0.3 is 5.97 Å². The molecule has 0 aromatic heterocycles. The molecular weight excluding hydrogens is 224 g/mol. The predicted molar refractivity (Wildman–Crippen MR) is 59.4 cm³/mol. The maximum atomic E-state index is 11.5. The highest BCUT2D eigenvalue weighted by Crippen LogP contribution is 2.14. The molecule has 2 heterocycles. The molecule has 0 aromatic carbocycles. The van der Waals surface area contributed by atoms with Gasteiger partial charge in [-0.05, 0) is 12.8 Å². The number of rotatable bonds is 3. The minimum absolute atomic E-state index is 0.135. The van der Waals surface area contributed by atoms with E-state index in [1.165, 1.54) is 7.11 Å². The first-order valence-electron chi connectivity index (χ1n) is 5.90. The molecule has 2 fully saturated rings. The van der Waals surface area contributed by atoms with E-state index in [0.29, 0.717) is 19.6 Å². The lowest BCUT2D eigenvalue weighted by molar-refractivity contribution is -0.148. The van der Waals surface area contributed by atoms with Crippen molar-refractivity contribution < 1.29 is 19.1 Å². The monoisotopic (exact) mass is 242 g/mol. The average Bonchev–Trinajstić information content (AvgIpc) is 2.80. The Morgan fingerprint density at radius 1 is 1.65 bits per heavy atom. The van der Waals surface area contributed by atoms with E-state index in [0.717, 1.165) is 19.4 Å². The molecule has 0 spiro atoms. The normalized spacial score (nSPS) is 30.1. The molecule has 6 heteroatoms. The van der Waals surface area contributed by atoms with Gasteiger partial charge in [-0.2, -0.15) is 0 Å². The van der Waals surface area contributed by atoms with Crippen LogP contribution in [0.2, 0.25) is 0 Å². The highest BCUT2D eigenvalue weighted by atomic mass is 16.5. The van der Waals surface area contributed by atoms with Crippen LogP contribution < -0.4 is 5.32 Å². The molecule has 0 saturated carbocycles. The maximum absolute atomic E-state index is 11.5. The standard InChI is InChI=1S/C11H18N2O4/c1-16-11(15)9-6-13(7-10(14)12-9)5-8-3-2-4-17-8/h8-9H,2-7H2,1H3,(H,12,14). The highest BCUT2D eigenvalue weighted by molar-refractivity contribution is 5.86. The van der Waals surface area contributed by atoms with E-state index in [9.17, 15) is 9.59 Å². The van der Waals surface area contributed by atoms with Crippen molar-refractivity contribution in [1.29, 1.82) is 0 Å². The van der Waals surface area contributed by atoms with Crippen molar-refractivity contribution in [3.05, 3.63) is 0 Å². The van der Waals surface area contributed by atoms with Crippen molar-refractivity contribution in [2.45, 2.75) is 25.0 Å². The van der Waals surface area contributed by atoms with E-state index in [-0.39, 0.29) is 12.0 Å². The summed E-state index contributed by atoms with van der Waals surface area (Å²) < 4.78 is 10.2. The summed E-state index contributed by atoms with van der Waals surface area (Å²) in [6.45, 7) is 2.33. The fourth-order valence-electron chi connectivity index (χ4n) is 2.30. The minimum Gasteiger partial charge on any atom is -0.467 e. The number of methoxy groups -OCH3 is 1. The number of carbonyl (C=O) groups is 2. The van der Waals surface area contributed by atoms with E-state index in [1.807, 2.05) is 4.90 Å². The summed E-state index contributed by atoms with van der Waals surface area (Å²) in [5.74, 6) is -0.528. The number of amides is 1. The zero-order chi connectivity index (χ0) is 12.3. The summed E-state index contributed by atoms with van der Waals surface area (Å²) in [6, 6.07) is -0.553. The predicted octanol–water partition coefficient (Wildman–Crippen LogP) is -0.861. The minimum atomic E-state index is -0.553. The van der Waals surface area contributed by atoms with Gasteiger partial charge in [0.05, 0.1) is 19.8 Å². The van der Waals surface area contributed by atoms with Crippen LogP contribution in [-0.2, 0) is 19.1 Å². The van der Waals surface area contributed by atoms with Gasteiger partial charge in [-0.25, -0.2) is 4.79 Å². The molecule has 0 bridgehead atoms. The second-order valence-electron chi connectivity index (χ2n) is 4.47. The molecule has 17 heavy (non-hydrogen) atoms. The molecule has 6 nitrogen and oxygen atoms in total. The van der Waals surface area contributed by atoms with Crippen LogP contribution in [0.4, 0.5) is 0 Å². The first-order valence-corrected chi connectivity index (χ1v) is 5.90. The van der Waals surface area contributed by atoms with Crippen LogP contribution in [-0.4, -0.2) is 62.3 Å². The van der Waals surface area contributed by atoms with Crippen LogP contribution in [0.1, 0.15) is 12.8 Å². The lowest BCUT2D eigenvalue weighted by Gasteiger charge is -2.32. The molecule has 2 rings (SSSR count). The Labute approximate surface area is 100 Å². The van der Waals surface area contributed by atoms with Gasteiger partial charge in [-0.15, -0.1) is 0 Å². The summed E-state index contributed by atoms with van der Waals surface area (Å²) in [7, 11) is 1.33. The molecule has 2 unspecified atom stereocenters. The molecule has 1 N–H and O–H groups in total. The van der Waals surface area contributed by atoms with Crippen molar-refractivity contribution in [2.24, 2.45) is 0 Å². The van der Waals surface area contributed by atoms with E-state index in [1.54, 1.807) is 0 Å². The van der Waals surface area contributed by atoms with Crippen LogP contribution in [0, 0.1) is 0 Å². The molecule has 1 amide bonds. The van der Waals surface area contributed by atoms with E-state index in [4.69, 9.17) is 4.74 Å². The first-order chi connectivity index (χ1) is 8.19. The molecule has 0 radical (unpaired) electrons. The third kappa shape index (κ3) is 3.17. The Hall–Kier alpha value is -1.14. The van der Waals surface area contributed by atoms with Gasteiger partial charge in [0.15, 0.2) is 0 Å². The van der Waals surface area contributed by atoms with Gasteiger partial charge in [0.25, 0.3) is 0 Å². The third-order valence-corrected chi connectivity index (χ3v) is 3.11. The number of esters is 1. The second-order valence-corrected chi connectivity index (χ2v) is 4.47. The van der Waals surface area contributed by atoms with Crippen LogP contribution in [0.5, 0.6) is 0 Å². The van der Waals surface area contributed by atoms with Gasteiger partial charge in [-0.1, -0.05) is 0 Å². The van der Waals surface area contributed by atoms with E-state index >= 15 is 0 Å². The van der Waals surface area contributed by atoms with Gasteiger partial charge in [0.2, 0.25) is 5.91 Å². The number of ether oxygens (including phenoxy) is 2. The SMILES string of the molecule is COC(=O)C1CN(CC2CCCO2)CC(=O)N1. The molecule has 2 atom stereocenters. The largest absolute Gasteiger partial charge is 0.467 e. The Balaban J connectivity index is 1.88. The molecule has 2 aliphatic heterocycles. The van der Waals surface area contributed by atoms with Crippen LogP contribution in [0.15, 0.2) is 0 Å². The zero-order valence-corrected chi connectivity index (χ0v) is 9.98. The Kier molecular flexibility index (Phi) is 3.96. The summed E-state index contributed by atoms with van der Waals surface area (Å²) in [5.41, 5.74) is 0. The Morgan fingerprint density at radius 3 is 3.12 bits per heavy atom. The summed E-state index contributed by atoms with van der Waals surface area (Å²) in [6.07, 6.45) is 2.30. The summed E-state index contributed by atoms with van der Waals surface area (Å²) in [5, 5.41) is 2.63. The number of hydrogen-bond donors (Lipinski definition) is 1. The number of nitrogens with one attached hydrogen (secondary N) is 1. The number of piperazine rings is 1. The van der Waals surface area contributed by atoms with Crippen molar-refractivity contribution >= 4 is 11.9 Å². The summed E-state index contributed by atoms with van der Waals surface area (Å²) in [4.78, 5) is 24.8. The van der Waals surface area contributed by atoms with Crippen molar-refractivity contribution in [3.63, 3.8) is 0 Å². The van der Waals surface area contributed by atoms with E-state index < -0.39 is 12.0 Å². The topological polar surface area (TPSA) is 67.9 Å². The van der Waals surface area contributed by atoms with Crippen molar-refractivity contribution in [3.8, 4) is 0 Å². The molecular formula is C11H18N2O4. The molecule has 0 aromatic rings. The first kappa shape index (κ1) is 12.3. The number of carbonyl (C=O) groups excluding carboxylic acids is 2. The number of nitrogens with zero attached hydrogens (tertiary/aromatic N) is 1. The molecule has 2 aliphatic rings. The highest BCUT2D eigenvalue weighted by Gasteiger charge is 2.31. The fraction of sp³-hybridized carbons (Fsp3) is 0.818. The number of hydrogen-bond acceptors (Lipinski definition) is 5. The smallest absolute Gasteiger partial charge is 0.329 e. The molecule has 96 valence electrons. The fourth-order valence-corrected chi connectivity index (χ4v) is 2.30. The third-order valence-electron chi connectivity index (χ3n) is 3.11. The maximum Gasteiger partial charge on any atom is 0.329 e. The van der Waals surface area contributed by atoms with Gasteiger partial charge < -0.3 is 14.8 Å². The van der Waals surface area contributed by atoms with Crippen LogP contribution >= 0.6 is 0 Å². The van der Waals surface area contributed by atoms with Gasteiger partial charge in [0.1, 0.15) is 6.04 Å². The quantitative estimate of drug-likeness (QED) is 0.652. The zero-order valence-electron chi connectivity index (χ0n) is 9.98. The second kappa shape index (κ2) is 5.46. The van der Waals surface area contributed by atoms with Crippen molar-refractivity contribution in [1.82, 2.24) is 10.2 Å². The van der Waals surface area contributed by atoms with Gasteiger partial charge in [-0.3, -0.25) is 9.69 Å². The van der Waals surface area contributed by atoms with Crippen LogP contribution in [0.3, 0.4) is 0 Å². The van der Waals surface area contributed by atoms with Crippen LogP contribution in [0.25, 0.3) is 0 Å². The lowest BCUT2D eigenvalue weighted by atomic mass is 10.1. The molecule has 2 saturated heterocycles. The summed E-state index contributed by atoms with van der Waals surface area (Å²) >= 11 is 0. The average molecular weight is 242 g/mol. The van der Waals surface area contributed by atoms with Gasteiger partial charge in [0, 0.05) is 19.7 Å². The molecule has 0 aliphatic carbocycles. The Bertz CT molecular complexity index is 302. The van der Waals surface area contributed by atoms with E-state index in [2.05, 4.69) is 10.1 Å². The lowest BCUT2D eigenvalue weighted by Crippen LogP contribution is -2.58.